The highest BCUT2D eigenvalue weighted by Gasteiger charge is 2.25. The zero-order chi connectivity index (χ0) is 19.2. The van der Waals surface area contributed by atoms with E-state index >= 15 is 0 Å². The molecule has 1 aliphatic rings. The monoisotopic (exact) mass is 379 g/mol. The normalized spacial score (nSPS) is 18.6. The molecule has 1 aromatic carbocycles. The molecule has 1 aromatic rings. The number of piperidine rings is 1. The Bertz CT molecular complexity index is 727. The maximum atomic E-state index is 12.6. The number of benzene rings is 1. The first-order valence-electron chi connectivity index (χ1n) is 9.06. The van der Waals surface area contributed by atoms with Crippen LogP contribution in [0.25, 0.3) is 6.08 Å². The van der Waals surface area contributed by atoms with Gasteiger partial charge < -0.3 is 9.80 Å². The van der Waals surface area contributed by atoms with Crippen molar-refractivity contribution in [3.63, 3.8) is 0 Å². The zero-order valence-corrected chi connectivity index (χ0v) is 16.6. The number of rotatable bonds is 7. The van der Waals surface area contributed by atoms with Crippen LogP contribution in [0.2, 0.25) is 0 Å². The van der Waals surface area contributed by atoms with Crippen LogP contribution >= 0.6 is 0 Å². The molecule has 0 radical (unpaired) electrons. The SMILES string of the molecule is CCNS(=O)(=O)c1ccc(C=CC(=O)N2CCCCC2CN(C)C)cc1. The van der Waals surface area contributed by atoms with E-state index in [0.717, 1.165) is 37.9 Å². The van der Waals surface area contributed by atoms with E-state index in [2.05, 4.69) is 9.62 Å². The van der Waals surface area contributed by atoms with Crippen molar-refractivity contribution in [3.8, 4) is 0 Å². The minimum absolute atomic E-state index is 0.0147. The Morgan fingerprint density at radius 3 is 2.58 bits per heavy atom. The van der Waals surface area contributed by atoms with Crippen molar-refractivity contribution in [2.45, 2.75) is 37.1 Å². The van der Waals surface area contributed by atoms with Gasteiger partial charge in [-0.3, -0.25) is 4.79 Å². The first-order chi connectivity index (χ1) is 12.3. The van der Waals surface area contributed by atoms with Gasteiger partial charge in [-0.2, -0.15) is 0 Å². The van der Waals surface area contributed by atoms with Crippen molar-refractivity contribution in [2.75, 3.05) is 33.7 Å². The summed E-state index contributed by atoms with van der Waals surface area (Å²) in [7, 11) is 0.600. The highest BCUT2D eigenvalue weighted by atomic mass is 32.2. The van der Waals surface area contributed by atoms with Gasteiger partial charge in [-0.15, -0.1) is 0 Å². The van der Waals surface area contributed by atoms with Crippen LogP contribution in [0.15, 0.2) is 35.2 Å². The van der Waals surface area contributed by atoms with Crippen molar-refractivity contribution in [1.29, 1.82) is 0 Å². The molecule has 1 atom stereocenters. The number of sulfonamides is 1. The van der Waals surface area contributed by atoms with E-state index in [9.17, 15) is 13.2 Å². The summed E-state index contributed by atoms with van der Waals surface area (Å²) in [6, 6.07) is 6.78. The summed E-state index contributed by atoms with van der Waals surface area (Å²) in [6.07, 6.45) is 6.57. The van der Waals surface area contributed by atoms with Gasteiger partial charge in [0, 0.05) is 31.8 Å². The van der Waals surface area contributed by atoms with Gasteiger partial charge in [0.25, 0.3) is 0 Å². The molecule has 2 rings (SSSR count). The highest BCUT2D eigenvalue weighted by molar-refractivity contribution is 7.89. The molecule has 1 N–H and O–H groups in total. The summed E-state index contributed by atoms with van der Waals surface area (Å²) in [6.45, 7) is 3.75. The standard InChI is InChI=1S/C19H29N3O3S/c1-4-20-26(24,25)18-11-8-16(9-12-18)10-13-19(23)22-14-6-5-7-17(22)15-21(2)3/h8-13,17,20H,4-7,14-15H2,1-3H3. The molecule has 1 heterocycles. The molecule has 144 valence electrons. The topological polar surface area (TPSA) is 69.7 Å². The molecule has 1 amide bonds. The maximum Gasteiger partial charge on any atom is 0.246 e. The lowest BCUT2D eigenvalue weighted by molar-refractivity contribution is -0.129. The minimum atomic E-state index is -3.45. The Kier molecular flexibility index (Phi) is 7.37. The van der Waals surface area contributed by atoms with E-state index < -0.39 is 10.0 Å². The molecule has 1 unspecified atom stereocenters. The Morgan fingerprint density at radius 2 is 1.96 bits per heavy atom. The maximum absolute atomic E-state index is 12.6. The fraction of sp³-hybridized carbons (Fsp3) is 0.526. The molecule has 0 bridgehead atoms. The molecule has 0 spiro atoms. The Labute approximate surface area is 156 Å². The van der Waals surface area contributed by atoms with Crippen LogP contribution < -0.4 is 4.72 Å². The lowest BCUT2D eigenvalue weighted by Gasteiger charge is -2.36. The summed E-state index contributed by atoms with van der Waals surface area (Å²) in [5.41, 5.74) is 0.801. The smallest absolute Gasteiger partial charge is 0.246 e. The summed E-state index contributed by atoms with van der Waals surface area (Å²) < 4.78 is 26.4. The predicted octanol–water partition coefficient (Wildman–Crippen LogP) is 1.94. The van der Waals surface area contributed by atoms with E-state index in [-0.39, 0.29) is 16.8 Å². The third-order valence-corrected chi connectivity index (χ3v) is 5.99. The number of hydrogen-bond donors (Lipinski definition) is 1. The Morgan fingerprint density at radius 1 is 1.27 bits per heavy atom. The molecular weight excluding hydrogens is 350 g/mol. The van der Waals surface area contributed by atoms with Gasteiger partial charge in [0.2, 0.25) is 15.9 Å². The van der Waals surface area contributed by atoms with Gasteiger partial charge in [0.15, 0.2) is 0 Å². The lowest BCUT2D eigenvalue weighted by Crippen LogP contribution is -2.47. The molecule has 1 aliphatic heterocycles. The molecule has 0 aromatic heterocycles. The molecule has 0 aliphatic carbocycles. The van der Waals surface area contributed by atoms with Crippen molar-refractivity contribution < 1.29 is 13.2 Å². The second-order valence-corrected chi connectivity index (χ2v) is 8.61. The minimum Gasteiger partial charge on any atom is -0.335 e. The number of amides is 1. The third kappa shape index (κ3) is 5.65. The van der Waals surface area contributed by atoms with Crippen LogP contribution in [-0.2, 0) is 14.8 Å². The van der Waals surface area contributed by atoms with Gasteiger partial charge in [-0.1, -0.05) is 19.1 Å². The first-order valence-corrected chi connectivity index (χ1v) is 10.5. The van der Waals surface area contributed by atoms with Crippen LogP contribution in [0, 0.1) is 0 Å². The van der Waals surface area contributed by atoms with E-state index in [1.165, 1.54) is 0 Å². The molecular formula is C19H29N3O3S. The lowest BCUT2D eigenvalue weighted by atomic mass is 10.0. The molecule has 1 fully saturated rings. The van der Waals surface area contributed by atoms with Gasteiger partial charge >= 0.3 is 0 Å². The van der Waals surface area contributed by atoms with E-state index in [0.29, 0.717) is 6.54 Å². The third-order valence-electron chi connectivity index (χ3n) is 4.43. The molecule has 7 heteroatoms. The van der Waals surface area contributed by atoms with Gasteiger partial charge in [-0.25, -0.2) is 13.1 Å². The van der Waals surface area contributed by atoms with Crippen molar-refractivity contribution in [1.82, 2.24) is 14.5 Å². The van der Waals surface area contributed by atoms with Crippen LogP contribution in [0.5, 0.6) is 0 Å². The van der Waals surface area contributed by atoms with Gasteiger partial charge in [0.1, 0.15) is 0 Å². The molecule has 6 nitrogen and oxygen atoms in total. The van der Waals surface area contributed by atoms with Crippen molar-refractivity contribution in [3.05, 3.63) is 35.9 Å². The Hall–Kier alpha value is -1.70. The number of likely N-dealkylation sites (N-methyl/N-ethyl adjacent to an activating group) is 1. The molecule has 1 saturated heterocycles. The summed E-state index contributed by atoms with van der Waals surface area (Å²) >= 11 is 0. The first kappa shape index (κ1) is 20.6. The van der Waals surface area contributed by atoms with Crippen LogP contribution in [-0.4, -0.2) is 63.9 Å². The summed E-state index contributed by atoms with van der Waals surface area (Å²) in [4.78, 5) is 16.9. The average molecular weight is 380 g/mol. The second-order valence-electron chi connectivity index (χ2n) is 6.85. The summed E-state index contributed by atoms with van der Waals surface area (Å²) in [5.74, 6) is 0.0147. The Balaban J connectivity index is 2.05. The highest BCUT2D eigenvalue weighted by Crippen LogP contribution is 2.18. The van der Waals surface area contributed by atoms with Crippen molar-refractivity contribution in [2.24, 2.45) is 0 Å². The van der Waals surface area contributed by atoms with E-state index in [1.807, 2.05) is 19.0 Å². The molecule has 0 saturated carbocycles. The largest absolute Gasteiger partial charge is 0.335 e. The van der Waals surface area contributed by atoms with Gasteiger partial charge in [0.05, 0.1) is 4.90 Å². The van der Waals surface area contributed by atoms with Crippen molar-refractivity contribution >= 4 is 22.0 Å². The number of hydrogen-bond acceptors (Lipinski definition) is 4. The van der Waals surface area contributed by atoms with E-state index in [1.54, 1.807) is 43.3 Å². The second kappa shape index (κ2) is 9.30. The number of carbonyl (C=O) groups excluding carboxylic acids is 1. The number of likely N-dealkylation sites (tertiary alicyclic amines) is 1. The average Bonchev–Trinajstić information content (AvgIpc) is 2.60. The van der Waals surface area contributed by atoms with Crippen LogP contribution in [0.4, 0.5) is 0 Å². The zero-order valence-electron chi connectivity index (χ0n) is 15.8. The number of carbonyl (C=O) groups is 1. The summed E-state index contributed by atoms with van der Waals surface area (Å²) in [5, 5.41) is 0. The van der Waals surface area contributed by atoms with E-state index in [4.69, 9.17) is 0 Å². The van der Waals surface area contributed by atoms with Crippen LogP contribution in [0.1, 0.15) is 31.7 Å². The molecule has 26 heavy (non-hydrogen) atoms. The fourth-order valence-corrected chi connectivity index (χ4v) is 4.24. The van der Waals surface area contributed by atoms with Gasteiger partial charge in [-0.05, 0) is 57.1 Å². The van der Waals surface area contributed by atoms with Crippen LogP contribution in [0.3, 0.4) is 0 Å². The number of nitrogens with zero attached hydrogens (tertiary/aromatic N) is 2. The predicted molar refractivity (Wildman–Crippen MR) is 104 cm³/mol. The quantitative estimate of drug-likeness (QED) is 0.735. The fourth-order valence-electron chi connectivity index (χ4n) is 3.20. The number of nitrogens with one attached hydrogen (secondary N) is 1.